The van der Waals surface area contributed by atoms with Crippen molar-refractivity contribution in [3.05, 3.63) is 35.4 Å². The van der Waals surface area contributed by atoms with E-state index in [0.29, 0.717) is 12.0 Å². The molecule has 1 atom stereocenters. The summed E-state index contributed by atoms with van der Waals surface area (Å²) in [6.45, 7) is 1.75. The van der Waals surface area contributed by atoms with E-state index in [1.54, 1.807) is 19.1 Å². The maximum Gasteiger partial charge on any atom is 0.0991 e. The third kappa shape index (κ3) is 2.37. The molecule has 1 rings (SSSR count). The lowest BCUT2D eigenvalue weighted by Gasteiger charge is -2.02. The Morgan fingerprint density at radius 1 is 1.42 bits per heavy atom. The lowest BCUT2D eigenvalue weighted by Crippen LogP contribution is -2.03. The first kappa shape index (κ1) is 8.76. The number of aliphatic hydroxyl groups excluding tert-OH is 1. The van der Waals surface area contributed by atoms with E-state index in [1.165, 1.54) is 0 Å². The Bertz CT molecular complexity index is 282. The molecule has 0 aliphatic rings. The fourth-order valence-corrected chi connectivity index (χ4v) is 1.06. The molecule has 0 unspecified atom stereocenters. The number of benzene rings is 1. The van der Waals surface area contributed by atoms with Crippen molar-refractivity contribution >= 4 is 0 Å². The van der Waals surface area contributed by atoms with Crippen LogP contribution in [0, 0.1) is 11.3 Å². The second-order valence-electron chi connectivity index (χ2n) is 2.86. The molecule has 1 aromatic carbocycles. The van der Waals surface area contributed by atoms with Crippen molar-refractivity contribution in [1.29, 1.82) is 5.26 Å². The molecule has 0 amide bonds. The minimum Gasteiger partial charge on any atom is -0.393 e. The predicted molar refractivity (Wildman–Crippen MR) is 46.5 cm³/mol. The smallest absolute Gasteiger partial charge is 0.0991 e. The number of hydrogen-bond acceptors (Lipinski definition) is 2. The molecule has 0 fully saturated rings. The zero-order valence-corrected chi connectivity index (χ0v) is 6.99. The normalized spacial score (nSPS) is 12.1. The summed E-state index contributed by atoms with van der Waals surface area (Å²) in [6, 6.07) is 9.30. The first-order chi connectivity index (χ1) is 5.72. The van der Waals surface area contributed by atoms with Crippen LogP contribution in [0.25, 0.3) is 0 Å². The van der Waals surface area contributed by atoms with Crippen LogP contribution in [0.5, 0.6) is 0 Å². The molecule has 0 radical (unpaired) electrons. The van der Waals surface area contributed by atoms with Gasteiger partial charge in [0.25, 0.3) is 0 Å². The van der Waals surface area contributed by atoms with Crippen molar-refractivity contribution in [3.63, 3.8) is 0 Å². The summed E-state index contributed by atoms with van der Waals surface area (Å²) in [5, 5.41) is 17.6. The second-order valence-corrected chi connectivity index (χ2v) is 2.86. The molecule has 62 valence electrons. The minimum absolute atomic E-state index is 0.321. The summed E-state index contributed by atoms with van der Waals surface area (Å²) in [4.78, 5) is 0. The number of rotatable bonds is 2. The van der Waals surface area contributed by atoms with Crippen LogP contribution in [0.4, 0.5) is 0 Å². The summed E-state index contributed by atoms with van der Waals surface area (Å²) in [6.07, 6.45) is 0.323. The Morgan fingerprint density at radius 3 is 2.42 bits per heavy atom. The fraction of sp³-hybridized carbons (Fsp3) is 0.300. The van der Waals surface area contributed by atoms with Gasteiger partial charge in [-0.15, -0.1) is 0 Å². The highest BCUT2D eigenvalue weighted by Gasteiger charge is 1.98. The lowest BCUT2D eigenvalue weighted by molar-refractivity contribution is 0.195. The Hall–Kier alpha value is -1.33. The number of aliphatic hydroxyl groups is 1. The van der Waals surface area contributed by atoms with E-state index in [4.69, 9.17) is 10.4 Å². The van der Waals surface area contributed by atoms with Crippen LogP contribution in [0.15, 0.2) is 24.3 Å². The maximum atomic E-state index is 9.07. The molecular weight excluding hydrogens is 150 g/mol. The van der Waals surface area contributed by atoms with Crippen molar-refractivity contribution in [2.24, 2.45) is 0 Å². The second kappa shape index (κ2) is 3.89. The number of hydrogen-bond donors (Lipinski definition) is 1. The van der Waals surface area contributed by atoms with Crippen LogP contribution >= 0.6 is 0 Å². The minimum atomic E-state index is -0.321. The summed E-state index contributed by atoms with van der Waals surface area (Å²) in [5.41, 5.74) is 1.72. The van der Waals surface area contributed by atoms with Crippen molar-refractivity contribution in [2.75, 3.05) is 0 Å². The number of nitrogens with zero attached hydrogens (tertiary/aromatic N) is 1. The van der Waals surface area contributed by atoms with Gasteiger partial charge in [-0.05, 0) is 31.0 Å². The van der Waals surface area contributed by atoms with Crippen LogP contribution in [0.2, 0.25) is 0 Å². The van der Waals surface area contributed by atoms with Crippen molar-refractivity contribution in [1.82, 2.24) is 0 Å². The van der Waals surface area contributed by atoms with Crippen molar-refractivity contribution in [3.8, 4) is 6.07 Å². The zero-order valence-electron chi connectivity index (χ0n) is 6.99. The molecule has 0 aliphatic carbocycles. The summed E-state index contributed by atoms with van der Waals surface area (Å²) < 4.78 is 0. The molecule has 0 saturated carbocycles. The number of nitriles is 1. The highest BCUT2D eigenvalue weighted by Crippen LogP contribution is 2.05. The third-order valence-electron chi connectivity index (χ3n) is 1.61. The fourth-order valence-electron chi connectivity index (χ4n) is 1.06. The average molecular weight is 161 g/mol. The molecule has 12 heavy (non-hydrogen) atoms. The summed E-state index contributed by atoms with van der Waals surface area (Å²) in [5.74, 6) is 0. The van der Waals surface area contributed by atoms with Crippen LogP contribution < -0.4 is 0 Å². The molecule has 0 aromatic heterocycles. The van der Waals surface area contributed by atoms with E-state index in [0.717, 1.165) is 5.56 Å². The van der Waals surface area contributed by atoms with Gasteiger partial charge in [0.05, 0.1) is 17.7 Å². The average Bonchev–Trinajstić information content (AvgIpc) is 2.05. The first-order valence-corrected chi connectivity index (χ1v) is 3.89. The lowest BCUT2D eigenvalue weighted by atomic mass is 10.1. The zero-order chi connectivity index (χ0) is 8.97. The Kier molecular flexibility index (Phi) is 2.84. The van der Waals surface area contributed by atoms with Gasteiger partial charge in [-0.1, -0.05) is 12.1 Å². The van der Waals surface area contributed by atoms with Crippen LogP contribution in [-0.4, -0.2) is 11.2 Å². The van der Waals surface area contributed by atoms with Gasteiger partial charge in [0, 0.05) is 0 Å². The molecule has 0 saturated heterocycles. The molecular formula is C10H11NO. The summed E-state index contributed by atoms with van der Waals surface area (Å²) in [7, 11) is 0. The van der Waals surface area contributed by atoms with Gasteiger partial charge in [0.1, 0.15) is 0 Å². The van der Waals surface area contributed by atoms with Crippen LogP contribution in [-0.2, 0) is 6.42 Å². The standard InChI is InChI=1S/C10H11NO/c1-8(12)6-9-2-4-10(7-11)5-3-9/h2-5,8,12H,6H2,1H3/t8-/m1/s1. The maximum absolute atomic E-state index is 9.07. The van der Waals surface area contributed by atoms with E-state index >= 15 is 0 Å². The van der Waals surface area contributed by atoms with E-state index < -0.39 is 0 Å². The van der Waals surface area contributed by atoms with Crippen LogP contribution in [0.1, 0.15) is 18.1 Å². The Labute approximate surface area is 72.1 Å². The highest BCUT2D eigenvalue weighted by molar-refractivity contribution is 5.31. The van der Waals surface area contributed by atoms with E-state index in [9.17, 15) is 0 Å². The molecule has 0 bridgehead atoms. The van der Waals surface area contributed by atoms with Crippen molar-refractivity contribution < 1.29 is 5.11 Å². The molecule has 1 aromatic rings. The predicted octanol–water partition coefficient (Wildman–Crippen LogP) is 1.48. The van der Waals surface area contributed by atoms with Gasteiger partial charge < -0.3 is 5.11 Å². The molecule has 1 N–H and O–H groups in total. The van der Waals surface area contributed by atoms with Gasteiger partial charge in [-0.3, -0.25) is 0 Å². The third-order valence-corrected chi connectivity index (χ3v) is 1.61. The Balaban J connectivity index is 2.73. The van der Waals surface area contributed by atoms with E-state index in [2.05, 4.69) is 0 Å². The van der Waals surface area contributed by atoms with Gasteiger partial charge in [0.15, 0.2) is 0 Å². The molecule has 2 heteroatoms. The SMILES string of the molecule is C[C@@H](O)Cc1ccc(C#N)cc1. The van der Waals surface area contributed by atoms with Gasteiger partial charge in [0.2, 0.25) is 0 Å². The van der Waals surface area contributed by atoms with Crippen LogP contribution in [0.3, 0.4) is 0 Å². The highest BCUT2D eigenvalue weighted by atomic mass is 16.3. The van der Waals surface area contributed by atoms with Gasteiger partial charge in [-0.25, -0.2) is 0 Å². The van der Waals surface area contributed by atoms with E-state index in [-0.39, 0.29) is 6.10 Å². The Morgan fingerprint density at radius 2 is 2.00 bits per heavy atom. The monoisotopic (exact) mass is 161 g/mol. The van der Waals surface area contributed by atoms with E-state index in [1.807, 2.05) is 18.2 Å². The molecule has 2 nitrogen and oxygen atoms in total. The van der Waals surface area contributed by atoms with Crippen molar-refractivity contribution in [2.45, 2.75) is 19.4 Å². The topological polar surface area (TPSA) is 44.0 Å². The van der Waals surface area contributed by atoms with Gasteiger partial charge >= 0.3 is 0 Å². The first-order valence-electron chi connectivity index (χ1n) is 3.89. The quantitative estimate of drug-likeness (QED) is 0.714. The molecule has 0 spiro atoms. The summed E-state index contributed by atoms with van der Waals surface area (Å²) >= 11 is 0. The molecule has 0 aliphatic heterocycles. The largest absolute Gasteiger partial charge is 0.393 e. The van der Waals surface area contributed by atoms with Gasteiger partial charge in [-0.2, -0.15) is 5.26 Å². The molecule has 0 heterocycles.